The first-order chi connectivity index (χ1) is 4.72. The van der Waals surface area contributed by atoms with Crippen molar-refractivity contribution in [1.82, 2.24) is 0 Å². The Morgan fingerprint density at radius 3 is 2.60 bits per heavy atom. The van der Waals surface area contributed by atoms with E-state index in [1.165, 1.54) is 0 Å². The summed E-state index contributed by atoms with van der Waals surface area (Å²) in [5.74, 6) is 0. The minimum absolute atomic E-state index is 0. The largest absolute Gasteiger partial charge is 0.398 e. The molecule has 0 saturated heterocycles. The highest BCUT2D eigenvalue weighted by Crippen LogP contribution is 2.00. The molecule has 0 aliphatic carbocycles. The number of rotatable bonds is 3. The molecule has 0 saturated carbocycles. The first-order valence-electron chi connectivity index (χ1n) is 3.12. The second-order valence-electron chi connectivity index (χ2n) is 1.88. The molecule has 0 aromatic heterocycles. The monoisotopic (exact) mass is 137 g/mol. The molecule has 0 aliphatic rings. The lowest BCUT2D eigenvalue weighted by molar-refractivity contribution is 1.37. The van der Waals surface area contributed by atoms with Crippen molar-refractivity contribution in [2.45, 2.75) is 6.92 Å². The van der Waals surface area contributed by atoms with Gasteiger partial charge in [-0.05, 0) is 18.6 Å². The van der Waals surface area contributed by atoms with Gasteiger partial charge in [0, 0.05) is 7.12 Å². The minimum Gasteiger partial charge on any atom is -0.398 e. The third-order valence-corrected chi connectivity index (χ3v) is 1.09. The van der Waals surface area contributed by atoms with Gasteiger partial charge in [-0.3, -0.25) is 0 Å². The quantitative estimate of drug-likeness (QED) is 0.594. The Bertz CT molecular complexity index is 190. The Morgan fingerprint density at radius 2 is 2.20 bits per heavy atom. The van der Waals surface area contributed by atoms with Crippen LogP contribution in [0.5, 0.6) is 0 Å². The zero-order valence-electron chi connectivity index (χ0n) is 6.30. The van der Waals surface area contributed by atoms with Crippen LogP contribution in [-0.4, -0.2) is 0 Å². The van der Waals surface area contributed by atoms with Crippen LogP contribution >= 0.6 is 0 Å². The predicted molar refractivity (Wildman–Crippen MR) is 48.5 cm³/mol. The smallest absolute Gasteiger partial charge is 0.0381 e. The van der Waals surface area contributed by atoms with Crippen molar-refractivity contribution in [1.29, 1.82) is 0 Å². The summed E-state index contributed by atoms with van der Waals surface area (Å²) in [4.78, 5) is 0. The maximum Gasteiger partial charge on any atom is 0.0381 e. The molecule has 1 heteroatoms. The lowest BCUT2D eigenvalue weighted by Crippen LogP contribution is -1.96. The van der Waals surface area contributed by atoms with Gasteiger partial charge in [0.05, 0.1) is 0 Å². The summed E-state index contributed by atoms with van der Waals surface area (Å²) in [7, 11) is 0. The van der Waals surface area contributed by atoms with E-state index in [1.807, 2.05) is 19.1 Å². The SMILES string of the molecule is C=CC(=C)/C(N)=C\C=C/C.[HH]. The summed E-state index contributed by atoms with van der Waals surface area (Å²) in [6.45, 7) is 9.16. The summed E-state index contributed by atoms with van der Waals surface area (Å²) >= 11 is 0. The van der Waals surface area contributed by atoms with Gasteiger partial charge in [0.1, 0.15) is 0 Å². The topological polar surface area (TPSA) is 26.0 Å². The highest BCUT2D eigenvalue weighted by molar-refractivity contribution is 5.35. The van der Waals surface area contributed by atoms with Crippen molar-refractivity contribution >= 4 is 0 Å². The van der Waals surface area contributed by atoms with Crippen LogP contribution in [0.2, 0.25) is 0 Å². The molecular formula is C9H15N. The van der Waals surface area contributed by atoms with Gasteiger partial charge in [0.15, 0.2) is 0 Å². The van der Waals surface area contributed by atoms with Crippen molar-refractivity contribution in [3.8, 4) is 0 Å². The Hall–Kier alpha value is -1.24. The summed E-state index contributed by atoms with van der Waals surface area (Å²) in [5, 5.41) is 0. The summed E-state index contributed by atoms with van der Waals surface area (Å²) < 4.78 is 0. The average molecular weight is 137 g/mol. The van der Waals surface area contributed by atoms with Gasteiger partial charge in [0.25, 0.3) is 0 Å². The van der Waals surface area contributed by atoms with Crippen molar-refractivity contribution in [2.24, 2.45) is 5.73 Å². The maximum atomic E-state index is 5.55. The molecule has 0 amide bonds. The van der Waals surface area contributed by atoms with Crippen molar-refractivity contribution in [3.63, 3.8) is 0 Å². The molecule has 0 aromatic carbocycles. The van der Waals surface area contributed by atoms with Crippen LogP contribution in [-0.2, 0) is 0 Å². The lowest BCUT2D eigenvalue weighted by Gasteiger charge is -1.95. The van der Waals surface area contributed by atoms with Crippen LogP contribution in [0.25, 0.3) is 0 Å². The van der Waals surface area contributed by atoms with Gasteiger partial charge >= 0.3 is 0 Å². The zero-order chi connectivity index (χ0) is 7.98. The highest BCUT2D eigenvalue weighted by Gasteiger charge is 1.87. The number of hydrogen-bond donors (Lipinski definition) is 1. The fourth-order valence-corrected chi connectivity index (χ4v) is 0.425. The minimum atomic E-state index is 0. The van der Waals surface area contributed by atoms with Crippen LogP contribution in [0.1, 0.15) is 8.35 Å². The van der Waals surface area contributed by atoms with E-state index in [2.05, 4.69) is 13.2 Å². The van der Waals surface area contributed by atoms with Crippen molar-refractivity contribution < 1.29 is 1.43 Å². The lowest BCUT2D eigenvalue weighted by atomic mass is 10.2. The van der Waals surface area contributed by atoms with E-state index >= 15 is 0 Å². The molecule has 0 unspecified atom stereocenters. The van der Waals surface area contributed by atoms with Crippen LogP contribution in [0, 0.1) is 0 Å². The average Bonchev–Trinajstić information content (AvgIpc) is 1.98. The van der Waals surface area contributed by atoms with Crippen LogP contribution in [0.4, 0.5) is 0 Å². The van der Waals surface area contributed by atoms with E-state index in [1.54, 1.807) is 12.2 Å². The van der Waals surface area contributed by atoms with Gasteiger partial charge in [0.2, 0.25) is 0 Å². The highest BCUT2D eigenvalue weighted by atomic mass is 14.6. The second-order valence-corrected chi connectivity index (χ2v) is 1.88. The van der Waals surface area contributed by atoms with Crippen LogP contribution in [0.15, 0.2) is 48.7 Å². The summed E-state index contributed by atoms with van der Waals surface area (Å²) in [5.41, 5.74) is 6.98. The van der Waals surface area contributed by atoms with E-state index in [9.17, 15) is 0 Å². The van der Waals surface area contributed by atoms with E-state index in [0.717, 1.165) is 5.57 Å². The fraction of sp³-hybridized carbons (Fsp3) is 0.111. The molecule has 56 valence electrons. The standard InChI is InChI=1S/C9H13N.H2/c1-4-6-7-9(10)8(3)5-2;/h4-7H,2-3,10H2,1H3;1H/b6-4-,9-7+;. The molecule has 0 heterocycles. The molecule has 0 atom stereocenters. The molecule has 1 nitrogen and oxygen atoms in total. The molecule has 0 bridgehead atoms. The summed E-state index contributed by atoms with van der Waals surface area (Å²) in [6, 6.07) is 0. The molecule has 0 radical (unpaired) electrons. The Morgan fingerprint density at radius 1 is 1.60 bits per heavy atom. The number of allylic oxidation sites excluding steroid dienone is 4. The van der Waals surface area contributed by atoms with Gasteiger partial charge in [-0.25, -0.2) is 0 Å². The molecule has 0 spiro atoms. The number of nitrogens with two attached hydrogens (primary N) is 1. The Balaban J connectivity index is 0. The third-order valence-electron chi connectivity index (χ3n) is 1.09. The van der Waals surface area contributed by atoms with Crippen molar-refractivity contribution in [2.75, 3.05) is 0 Å². The van der Waals surface area contributed by atoms with Crippen LogP contribution in [0.3, 0.4) is 0 Å². The van der Waals surface area contributed by atoms with Gasteiger partial charge in [-0.15, -0.1) is 0 Å². The van der Waals surface area contributed by atoms with Gasteiger partial charge in [-0.2, -0.15) is 0 Å². The van der Waals surface area contributed by atoms with Crippen molar-refractivity contribution in [3.05, 3.63) is 48.7 Å². The van der Waals surface area contributed by atoms with Crippen LogP contribution < -0.4 is 5.73 Å². The van der Waals surface area contributed by atoms with E-state index < -0.39 is 0 Å². The Labute approximate surface area is 63.7 Å². The molecule has 2 N–H and O–H groups in total. The normalized spacial score (nSPS) is 11.9. The number of hydrogen-bond acceptors (Lipinski definition) is 1. The first kappa shape index (κ1) is 8.76. The molecule has 0 fully saturated rings. The maximum absolute atomic E-state index is 5.55. The second kappa shape index (κ2) is 4.62. The molecular weight excluding hydrogens is 122 g/mol. The molecule has 0 aromatic rings. The molecule has 0 aliphatic heterocycles. The molecule has 10 heavy (non-hydrogen) atoms. The summed E-state index contributed by atoms with van der Waals surface area (Å²) in [6.07, 6.45) is 7.20. The zero-order valence-corrected chi connectivity index (χ0v) is 6.30. The third kappa shape index (κ3) is 2.92. The fourth-order valence-electron chi connectivity index (χ4n) is 0.425. The first-order valence-corrected chi connectivity index (χ1v) is 3.12. The Kier molecular flexibility index (Phi) is 4.05. The van der Waals surface area contributed by atoms with E-state index in [4.69, 9.17) is 5.73 Å². The van der Waals surface area contributed by atoms with Gasteiger partial charge in [-0.1, -0.05) is 31.4 Å². The van der Waals surface area contributed by atoms with E-state index in [0.29, 0.717) is 5.70 Å². The predicted octanol–water partition coefficient (Wildman–Crippen LogP) is 2.39. The molecule has 0 rings (SSSR count). The van der Waals surface area contributed by atoms with Gasteiger partial charge < -0.3 is 5.73 Å². The van der Waals surface area contributed by atoms with E-state index in [-0.39, 0.29) is 1.43 Å².